The number of rotatable bonds is 0. The summed E-state index contributed by atoms with van der Waals surface area (Å²) in [6.45, 7) is 0. The Morgan fingerprint density at radius 2 is 1.30 bits per heavy atom. The number of hydrogen-bond acceptors (Lipinski definition) is 3. The maximum Gasteiger partial charge on any atom is 0.490 e. The van der Waals surface area contributed by atoms with Crippen molar-refractivity contribution in [1.29, 1.82) is 0 Å². The third kappa shape index (κ3) is 8.28. The molecule has 0 unspecified atom stereocenters. The molecule has 23 heavy (non-hydrogen) atoms. The molecule has 1 aromatic heterocycles. The lowest BCUT2D eigenvalue weighted by molar-refractivity contribution is -0.193. The van der Waals surface area contributed by atoms with E-state index in [9.17, 15) is 26.3 Å². The minimum Gasteiger partial charge on any atom is -0.475 e. The second-order valence-electron chi connectivity index (χ2n) is 3.56. The molecule has 0 amide bonds. The van der Waals surface area contributed by atoms with E-state index in [1.54, 1.807) is 0 Å². The van der Waals surface area contributed by atoms with Crippen LogP contribution in [0, 0.1) is 0 Å². The largest absolute Gasteiger partial charge is 0.490 e. The van der Waals surface area contributed by atoms with Gasteiger partial charge in [-0.1, -0.05) is 18.2 Å². The molecule has 0 saturated heterocycles. The Bertz CT molecular complexity index is 595. The van der Waals surface area contributed by atoms with Gasteiger partial charge >= 0.3 is 24.3 Å². The molecule has 0 aliphatic heterocycles. The van der Waals surface area contributed by atoms with Gasteiger partial charge in [-0.15, -0.1) is 0 Å². The molecule has 0 spiro atoms. The number of alkyl halides is 6. The average molecular weight is 346 g/mol. The first-order chi connectivity index (χ1) is 10.4. The smallest absolute Gasteiger partial charge is 0.475 e. The van der Waals surface area contributed by atoms with E-state index in [0.717, 1.165) is 10.9 Å². The zero-order valence-corrected chi connectivity index (χ0v) is 10.8. The van der Waals surface area contributed by atoms with Gasteiger partial charge in [0.2, 0.25) is 0 Å². The van der Waals surface area contributed by atoms with Gasteiger partial charge in [-0.25, -0.2) is 9.59 Å². The Labute approximate surface area is 123 Å². The van der Waals surface area contributed by atoms with Crippen molar-refractivity contribution in [1.82, 2.24) is 10.2 Å². The summed E-state index contributed by atoms with van der Waals surface area (Å²) < 4.78 is 63.5. The highest BCUT2D eigenvalue weighted by Crippen LogP contribution is 2.13. The monoisotopic (exact) mass is 346 g/mol. The molecule has 0 saturated carbocycles. The van der Waals surface area contributed by atoms with Gasteiger partial charge in [-0.3, -0.25) is 5.10 Å². The van der Waals surface area contributed by atoms with Crippen LogP contribution in [0.25, 0.3) is 10.9 Å². The van der Waals surface area contributed by atoms with Crippen molar-refractivity contribution in [2.45, 2.75) is 12.4 Å². The highest BCUT2D eigenvalue weighted by molar-refractivity contribution is 5.77. The maximum atomic E-state index is 10.6. The lowest BCUT2D eigenvalue weighted by atomic mass is 10.3. The van der Waals surface area contributed by atoms with Crippen LogP contribution in [0.2, 0.25) is 0 Å². The lowest BCUT2D eigenvalue weighted by Gasteiger charge is -1.93. The van der Waals surface area contributed by atoms with Gasteiger partial charge in [0.05, 0.1) is 11.7 Å². The van der Waals surface area contributed by atoms with Crippen molar-refractivity contribution >= 4 is 22.8 Å². The van der Waals surface area contributed by atoms with E-state index in [0.29, 0.717) is 0 Å². The Hall–Kier alpha value is -2.79. The molecule has 2 aromatic rings. The van der Waals surface area contributed by atoms with Crippen LogP contribution < -0.4 is 0 Å². The zero-order chi connectivity index (χ0) is 18.3. The Kier molecular flexibility index (Phi) is 7.03. The molecule has 0 bridgehead atoms. The quantitative estimate of drug-likeness (QED) is 0.637. The zero-order valence-electron chi connectivity index (χ0n) is 10.8. The number of nitrogens with one attached hydrogen (secondary N) is 1. The van der Waals surface area contributed by atoms with Gasteiger partial charge in [0, 0.05) is 5.39 Å². The van der Waals surface area contributed by atoms with Crippen molar-refractivity contribution < 1.29 is 46.1 Å². The van der Waals surface area contributed by atoms with Gasteiger partial charge in [0.1, 0.15) is 0 Å². The molecule has 0 fully saturated rings. The van der Waals surface area contributed by atoms with Gasteiger partial charge in [0.15, 0.2) is 0 Å². The predicted octanol–water partition coefficient (Wildman–Crippen LogP) is 2.83. The summed E-state index contributed by atoms with van der Waals surface area (Å²) in [4.78, 5) is 17.8. The Balaban J connectivity index is 0.000000322. The predicted molar refractivity (Wildman–Crippen MR) is 63.5 cm³/mol. The number of aromatic nitrogens is 2. The number of carboxylic acid groups (broad SMARTS) is 2. The van der Waals surface area contributed by atoms with Crippen LogP contribution in [0.1, 0.15) is 0 Å². The van der Waals surface area contributed by atoms with Crippen LogP contribution in [0.15, 0.2) is 30.5 Å². The number of para-hydroxylation sites is 1. The second-order valence-corrected chi connectivity index (χ2v) is 3.56. The van der Waals surface area contributed by atoms with Crippen LogP contribution in [0.5, 0.6) is 0 Å². The lowest BCUT2D eigenvalue weighted by Crippen LogP contribution is -2.21. The summed E-state index contributed by atoms with van der Waals surface area (Å²) in [5.41, 5.74) is 1.09. The summed E-state index contributed by atoms with van der Waals surface area (Å²) in [5, 5.41) is 22.2. The van der Waals surface area contributed by atoms with E-state index in [4.69, 9.17) is 19.8 Å². The number of aromatic amines is 1. The van der Waals surface area contributed by atoms with E-state index in [1.807, 2.05) is 30.5 Å². The van der Waals surface area contributed by atoms with Gasteiger partial charge < -0.3 is 10.2 Å². The van der Waals surface area contributed by atoms with E-state index >= 15 is 0 Å². The molecule has 1 aromatic carbocycles. The first kappa shape index (κ1) is 20.2. The van der Waals surface area contributed by atoms with Crippen molar-refractivity contribution in [2.75, 3.05) is 0 Å². The number of carbonyl (C=O) groups is 2. The van der Waals surface area contributed by atoms with Crippen LogP contribution in [-0.4, -0.2) is 44.7 Å². The molecular weight excluding hydrogens is 338 g/mol. The molecule has 128 valence electrons. The minimum absolute atomic E-state index is 1.09. The molecule has 6 nitrogen and oxygen atoms in total. The number of nitrogens with zero attached hydrogens (tertiary/aromatic N) is 1. The molecule has 3 N–H and O–H groups in total. The average Bonchev–Trinajstić information content (AvgIpc) is 2.86. The summed E-state index contributed by atoms with van der Waals surface area (Å²) in [5.74, 6) is -5.51. The minimum atomic E-state index is -5.08. The Morgan fingerprint density at radius 1 is 0.913 bits per heavy atom. The Morgan fingerprint density at radius 3 is 1.65 bits per heavy atom. The number of halogens is 6. The van der Waals surface area contributed by atoms with Gasteiger partial charge in [0.25, 0.3) is 0 Å². The van der Waals surface area contributed by atoms with Crippen LogP contribution in [0.3, 0.4) is 0 Å². The van der Waals surface area contributed by atoms with Crippen molar-refractivity contribution in [3.8, 4) is 0 Å². The van der Waals surface area contributed by atoms with E-state index in [-0.39, 0.29) is 0 Å². The summed E-state index contributed by atoms with van der Waals surface area (Å²) >= 11 is 0. The van der Waals surface area contributed by atoms with Crippen LogP contribution >= 0.6 is 0 Å². The molecule has 12 heteroatoms. The summed E-state index contributed by atoms with van der Waals surface area (Å²) in [6, 6.07) is 8.01. The second kappa shape index (κ2) is 8.00. The van der Waals surface area contributed by atoms with Crippen LogP contribution in [0.4, 0.5) is 26.3 Å². The topological polar surface area (TPSA) is 103 Å². The standard InChI is InChI=1S/C7H6N2.2C2HF3O2/c1-2-4-7-6(3-1)5-8-9-7;2*3-2(4,5)1(6)7/h1-5H,(H,8,9);2*(H,6,7). The summed E-state index contributed by atoms with van der Waals surface area (Å²) in [6.07, 6.45) is -8.35. The van der Waals surface area contributed by atoms with E-state index in [1.165, 1.54) is 0 Å². The van der Waals surface area contributed by atoms with E-state index < -0.39 is 24.3 Å². The highest BCUT2D eigenvalue weighted by Gasteiger charge is 2.38. The van der Waals surface area contributed by atoms with Gasteiger partial charge in [-0.05, 0) is 6.07 Å². The third-order valence-electron chi connectivity index (χ3n) is 1.83. The number of H-pyrrole nitrogens is 1. The fraction of sp³-hybridized carbons (Fsp3) is 0.182. The van der Waals surface area contributed by atoms with Crippen LogP contribution in [-0.2, 0) is 9.59 Å². The molecular formula is C11H8F6N2O4. The molecule has 0 aliphatic rings. The first-order valence-corrected chi connectivity index (χ1v) is 5.34. The SMILES string of the molecule is O=C(O)C(F)(F)F.O=C(O)C(F)(F)F.c1ccc2[nH]ncc2c1. The fourth-order valence-electron chi connectivity index (χ4n) is 0.883. The number of hydrogen-bond donors (Lipinski definition) is 3. The highest BCUT2D eigenvalue weighted by atomic mass is 19.4. The third-order valence-corrected chi connectivity index (χ3v) is 1.83. The molecule has 0 radical (unpaired) electrons. The summed E-state index contributed by atoms with van der Waals surface area (Å²) in [7, 11) is 0. The maximum absolute atomic E-state index is 10.6. The molecule has 1 heterocycles. The molecule has 0 aliphatic carbocycles. The van der Waals surface area contributed by atoms with Crippen molar-refractivity contribution in [2.24, 2.45) is 0 Å². The number of benzene rings is 1. The number of aliphatic carboxylic acids is 2. The number of fused-ring (bicyclic) bond motifs is 1. The van der Waals surface area contributed by atoms with Crippen molar-refractivity contribution in [3.63, 3.8) is 0 Å². The first-order valence-electron chi connectivity index (χ1n) is 5.34. The van der Waals surface area contributed by atoms with Crippen molar-refractivity contribution in [3.05, 3.63) is 30.5 Å². The molecule has 2 rings (SSSR count). The van der Waals surface area contributed by atoms with E-state index in [2.05, 4.69) is 10.2 Å². The normalized spacial score (nSPS) is 10.9. The van der Waals surface area contributed by atoms with Gasteiger partial charge in [-0.2, -0.15) is 31.4 Å². The molecule has 0 atom stereocenters. The fourth-order valence-corrected chi connectivity index (χ4v) is 0.883. The number of carboxylic acids is 2.